The van der Waals surface area contributed by atoms with Crippen molar-refractivity contribution in [3.05, 3.63) is 82.1 Å². The Kier molecular flexibility index (Phi) is 6.33. The molecule has 5 rings (SSSR count). The van der Waals surface area contributed by atoms with E-state index in [1.165, 1.54) is 15.7 Å². The first-order valence-electron chi connectivity index (χ1n) is 11.8. The van der Waals surface area contributed by atoms with Gasteiger partial charge >= 0.3 is 0 Å². The third-order valence-electron chi connectivity index (χ3n) is 6.38. The lowest BCUT2D eigenvalue weighted by atomic mass is 10.0. The Hall–Kier alpha value is -3.98. The summed E-state index contributed by atoms with van der Waals surface area (Å²) in [7, 11) is 0. The Bertz CT molecular complexity index is 1430. The number of imidazole rings is 1. The number of benzene rings is 2. The zero-order valence-electron chi connectivity index (χ0n) is 19.6. The Morgan fingerprint density at radius 3 is 2.83 bits per heavy atom. The molecule has 2 N–H and O–H groups in total. The number of amides is 1. The highest BCUT2D eigenvalue weighted by Gasteiger charge is 2.19. The van der Waals surface area contributed by atoms with Crippen molar-refractivity contribution < 1.29 is 9.90 Å². The Morgan fingerprint density at radius 1 is 1.14 bits per heavy atom. The average molecular weight is 473 g/mol. The first kappa shape index (κ1) is 22.8. The minimum absolute atomic E-state index is 0.190. The molecule has 9 heteroatoms. The van der Waals surface area contributed by atoms with Gasteiger partial charge in [-0.3, -0.25) is 19.5 Å². The van der Waals surface area contributed by atoms with Crippen LogP contribution in [0.1, 0.15) is 35.7 Å². The third-order valence-corrected chi connectivity index (χ3v) is 6.38. The smallest absolute Gasteiger partial charge is 0.267 e. The molecule has 0 unspecified atom stereocenters. The zero-order chi connectivity index (χ0) is 24.4. The van der Waals surface area contributed by atoms with E-state index in [4.69, 9.17) is 0 Å². The summed E-state index contributed by atoms with van der Waals surface area (Å²) < 4.78 is 2.98. The number of carbonyl (C=O) groups excluding carboxylic acids is 1. The number of aliphatic hydroxyl groups is 1. The van der Waals surface area contributed by atoms with Crippen molar-refractivity contribution >= 4 is 28.7 Å². The number of hydrogen-bond acceptors (Lipinski definition) is 6. The molecule has 1 saturated heterocycles. The first-order valence-corrected chi connectivity index (χ1v) is 11.8. The zero-order valence-corrected chi connectivity index (χ0v) is 19.6. The lowest BCUT2D eigenvalue weighted by Crippen LogP contribution is -2.36. The second-order valence-corrected chi connectivity index (χ2v) is 9.03. The van der Waals surface area contributed by atoms with Crippen molar-refractivity contribution in [1.82, 2.24) is 19.3 Å². The second-order valence-electron chi connectivity index (χ2n) is 9.03. The fraction of sp³-hybridized carbons (Fsp3) is 0.308. The Balaban J connectivity index is 1.36. The summed E-state index contributed by atoms with van der Waals surface area (Å²) in [6.07, 6.45) is 2.32. The van der Waals surface area contributed by atoms with Gasteiger partial charge in [0.25, 0.3) is 11.5 Å². The van der Waals surface area contributed by atoms with Crippen LogP contribution in [0.5, 0.6) is 0 Å². The molecule has 0 saturated carbocycles. The molecule has 35 heavy (non-hydrogen) atoms. The summed E-state index contributed by atoms with van der Waals surface area (Å²) in [5, 5.41) is 17.2. The molecule has 2 aromatic carbocycles. The van der Waals surface area contributed by atoms with Gasteiger partial charge in [0, 0.05) is 24.7 Å². The number of piperidine rings is 1. The summed E-state index contributed by atoms with van der Waals surface area (Å²) in [6.45, 7) is 4.04. The van der Waals surface area contributed by atoms with Gasteiger partial charge in [-0.1, -0.05) is 31.2 Å². The predicted octanol–water partition coefficient (Wildman–Crippen LogP) is 3.08. The monoisotopic (exact) mass is 472 g/mol. The Labute approximate surface area is 202 Å². The van der Waals surface area contributed by atoms with Crippen molar-refractivity contribution in [2.75, 3.05) is 23.3 Å². The maximum absolute atomic E-state index is 13.0. The number of para-hydroxylation sites is 2. The van der Waals surface area contributed by atoms with E-state index < -0.39 is 0 Å². The number of rotatable bonds is 6. The number of fused-ring (bicyclic) bond motifs is 1. The molecule has 3 heterocycles. The molecule has 0 radical (unpaired) electrons. The van der Waals surface area contributed by atoms with Gasteiger partial charge in [0.05, 0.1) is 17.6 Å². The minimum atomic E-state index is -0.354. The van der Waals surface area contributed by atoms with Crippen LogP contribution >= 0.6 is 0 Å². The molecular formula is C26H28N6O3. The summed E-state index contributed by atoms with van der Waals surface area (Å²) in [6, 6.07) is 17.8. The van der Waals surface area contributed by atoms with Crippen LogP contribution in [-0.4, -0.2) is 43.4 Å². The average Bonchev–Trinajstić information content (AvgIpc) is 3.22. The number of nitrogens with one attached hydrogen (secondary N) is 1. The van der Waals surface area contributed by atoms with Crippen molar-refractivity contribution in [2.45, 2.75) is 33.0 Å². The number of nitrogens with zero attached hydrogens (tertiary/aromatic N) is 5. The molecule has 9 nitrogen and oxygen atoms in total. The number of hydrogen-bond donors (Lipinski definition) is 2. The van der Waals surface area contributed by atoms with E-state index in [0.717, 1.165) is 36.4 Å². The number of carbonyl (C=O) groups is 1. The minimum Gasteiger partial charge on any atom is -0.376 e. The van der Waals surface area contributed by atoms with Crippen LogP contribution in [0.3, 0.4) is 0 Å². The Morgan fingerprint density at radius 2 is 2.00 bits per heavy atom. The van der Waals surface area contributed by atoms with Gasteiger partial charge in [0.2, 0.25) is 5.95 Å². The molecule has 4 aromatic rings. The molecule has 1 amide bonds. The molecule has 1 fully saturated rings. The van der Waals surface area contributed by atoms with Crippen molar-refractivity contribution in [2.24, 2.45) is 5.92 Å². The molecule has 180 valence electrons. The van der Waals surface area contributed by atoms with E-state index in [-0.39, 0.29) is 30.7 Å². The van der Waals surface area contributed by atoms with Crippen LogP contribution in [-0.2, 0) is 13.3 Å². The largest absolute Gasteiger partial charge is 0.376 e. The standard InChI is InChI=1S/C26H28N6O3/c1-18-6-5-13-30(15-18)23-11-12-24(34)32(29-23)16-19-7-4-8-20(14-19)25(35)28-26-27-21-9-2-3-10-22(21)31(26)17-33/h2-4,7-12,14,18,33H,5-6,13,15-17H2,1H3,(H,27,28,35)/t18-/m0/s1. The van der Waals surface area contributed by atoms with E-state index in [2.05, 4.69) is 27.2 Å². The summed E-state index contributed by atoms with van der Waals surface area (Å²) in [5.41, 5.74) is 2.43. The van der Waals surface area contributed by atoms with Crippen LogP contribution < -0.4 is 15.8 Å². The fourth-order valence-electron chi connectivity index (χ4n) is 4.59. The highest BCUT2D eigenvalue weighted by atomic mass is 16.3. The molecule has 1 atom stereocenters. The normalized spacial score (nSPS) is 15.9. The van der Waals surface area contributed by atoms with Gasteiger partial charge in [0.1, 0.15) is 12.5 Å². The summed E-state index contributed by atoms with van der Waals surface area (Å²) in [5.74, 6) is 1.31. The second kappa shape index (κ2) is 9.71. The van der Waals surface area contributed by atoms with Crippen LogP contribution in [0.15, 0.2) is 65.5 Å². The molecule has 2 aromatic heterocycles. The number of aromatic nitrogens is 4. The highest BCUT2D eigenvalue weighted by molar-refractivity contribution is 6.04. The predicted molar refractivity (Wildman–Crippen MR) is 135 cm³/mol. The quantitative estimate of drug-likeness (QED) is 0.447. The maximum Gasteiger partial charge on any atom is 0.267 e. The summed E-state index contributed by atoms with van der Waals surface area (Å²) in [4.78, 5) is 32.1. The maximum atomic E-state index is 13.0. The highest BCUT2D eigenvalue weighted by Crippen LogP contribution is 2.21. The van der Waals surface area contributed by atoms with E-state index >= 15 is 0 Å². The molecule has 0 spiro atoms. The molecule has 0 aliphatic carbocycles. The van der Waals surface area contributed by atoms with Crippen molar-refractivity contribution in [3.8, 4) is 0 Å². The SMILES string of the molecule is C[C@H]1CCCN(c2ccc(=O)n(Cc3cccc(C(=O)Nc4nc5ccccc5n4CO)c3)n2)C1. The lowest BCUT2D eigenvalue weighted by Gasteiger charge is -2.31. The topological polar surface area (TPSA) is 105 Å². The van der Waals surface area contributed by atoms with Gasteiger partial charge in [-0.25, -0.2) is 9.67 Å². The first-order chi connectivity index (χ1) is 17.0. The third kappa shape index (κ3) is 4.81. The molecular weight excluding hydrogens is 444 g/mol. The fourth-order valence-corrected chi connectivity index (χ4v) is 4.59. The van der Waals surface area contributed by atoms with Gasteiger partial charge < -0.3 is 10.0 Å². The molecule has 0 bridgehead atoms. The van der Waals surface area contributed by atoms with E-state index in [0.29, 0.717) is 17.0 Å². The van der Waals surface area contributed by atoms with Crippen molar-refractivity contribution in [3.63, 3.8) is 0 Å². The van der Waals surface area contributed by atoms with Gasteiger partial charge in [-0.15, -0.1) is 0 Å². The van der Waals surface area contributed by atoms with Crippen LogP contribution in [0.4, 0.5) is 11.8 Å². The van der Waals surface area contributed by atoms with Gasteiger partial charge in [-0.05, 0) is 54.7 Å². The van der Waals surface area contributed by atoms with Crippen LogP contribution in [0.2, 0.25) is 0 Å². The van der Waals surface area contributed by atoms with Crippen LogP contribution in [0, 0.1) is 5.92 Å². The summed E-state index contributed by atoms with van der Waals surface area (Å²) >= 11 is 0. The van der Waals surface area contributed by atoms with E-state index in [1.807, 2.05) is 30.3 Å². The van der Waals surface area contributed by atoms with E-state index in [9.17, 15) is 14.7 Å². The number of aliphatic hydroxyl groups excluding tert-OH is 1. The van der Waals surface area contributed by atoms with Crippen molar-refractivity contribution in [1.29, 1.82) is 0 Å². The molecule has 1 aliphatic rings. The van der Waals surface area contributed by atoms with Gasteiger partial charge in [0.15, 0.2) is 0 Å². The molecule has 1 aliphatic heterocycles. The van der Waals surface area contributed by atoms with Crippen LogP contribution in [0.25, 0.3) is 11.0 Å². The number of anilines is 2. The van der Waals surface area contributed by atoms with Gasteiger partial charge in [-0.2, -0.15) is 5.10 Å². The lowest BCUT2D eigenvalue weighted by molar-refractivity contribution is 0.102. The van der Waals surface area contributed by atoms with E-state index in [1.54, 1.807) is 30.3 Å².